The number of nitrogens with one attached hydrogen (secondary N) is 1. The number of carboxylic acids is 1. The molecule has 3 atom stereocenters. The minimum absolute atomic E-state index is 0.0132. The molecule has 1 heterocycles. The first-order valence-electron chi connectivity index (χ1n) is 11.7. The Kier molecular flexibility index (Phi) is 7.17. The van der Waals surface area contributed by atoms with Crippen LogP contribution in [0.15, 0.2) is 48.5 Å². The molecule has 2 unspecified atom stereocenters. The molecule has 2 aromatic carbocycles. The number of carbonyl (C=O) groups is 3. The molecule has 1 aliphatic carbocycles. The number of β-amino-alcohol motifs (C(OH)–C–C–N with tert-alkyl or cyclic N) is 1. The minimum Gasteiger partial charge on any atom is -0.480 e. The Hall–Kier alpha value is -3.39. The summed E-state index contributed by atoms with van der Waals surface area (Å²) in [5, 5.41) is 21.9. The minimum atomic E-state index is -1.14. The van der Waals surface area contributed by atoms with Gasteiger partial charge in [0.15, 0.2) is 0 Å². The molecule has 0 aromatic heterocycles. The van der Waals surface area contributed by atoms with Gasteiger partial charge in [0.1, 0.15) is 12.6 Å². The molecule has 0 saturated carbocycles. The Balaban J connectivity index is 1.37. The number of ether oxygens (including phenoxy) is 1. The quantitative estimate of drug-likeness (QED) is 0.551. The van der Waals surface area contributed by atoms with Gasteiger partial charge in [0.05, 0.1) is 6.10 Å². The van der Waals surface area contributed by atoms with Crippen LogP contribution in [0.5, 0.6) is 0 Å². The predicted octanol–water partition coefficient (Wildman–Crippen LogP) is 3.13. The van der Waals surface area contributed by atoms with Crippen molar-refractivity contribution in [1.29, 1.82) is 0 Å². The molecule has 180 valence electrons. The summed E-state index contributed by atoms with van der Waals surface area (Å²) in [4.78, 5) is 38.0. The standard InChI is InChI=1S/C26H30N2O6/c1-2-7-16(12-24(30)28-14-17(29)13-23(28)25(31)32)27-26(33)34-15-22-20-10-5-3-8-18(20)19-9-4-6-11-21(19)22/h3-6,8-11,16-17,22-23,29H,2,7,12-15H2,1H3,(H,27,33)(H,31,32)/t16-,17?,23?/m0/s1. The lowest BCUT2D eigenvalue weighted by Crippen LogP contribution is -2.45. The van der Waals surface area contributed by atoms with Crippen LogP contribution < -0.4 is 5.32 Å². The molecule has 4 rings (SSSR count). The number of hydrogen-bond acceptors (Lipinski definition) is 5. The number of benzene rings is 2. The van der Waals surface area contributed by atoms with Gasteiger partial charge in [-0.2, -0.15) is 0 Å². The van der Waals surface area contributed by atoms with E-state index in [1.165, 1.54) is 4.90 Å². The molecular formula is C26H30N2O6. The molecule has 1 fully saturated rings. The van der Waals surface area contributed by atoms with Gasteiger partial charge in [0, 0.05) is 31.3 Å². The van der Waals surface area contributed by atoms with Crippen LogP contribution in [-0.4, -0.2) is 64.4 Å². The number of rotatable bonds is 8. The molecule has 2 aromatic rings. The number of amides is 2. The Morgan fingerprint density at radius 3 is 2.29 bits per heavy atom. The number of carboxylic acid groups (broad SMARTS) is 1. The topological polar surface area (TPSA) is 116 Å². The van der Waals surface area contributed by atoms with E-state index in [0.717, 1.165) is 28.7 Å². The molecule has 0 bridgehead atoms. The number of fused-ring (bicyclic) bond motifs is 3. The van der Waals surface area contributed by atoms with Crippen molar-refractivity contribution in [2.75, 3.05) is 13.2 Å². The second kappa shape index (κ2) is 10.3. The molecule has 2 amide bonds. The van der Waals surface area contributed by atoms with E-state index < -0.39 is 36.2 Å². The second-order valence-corrected chi connectivity index (χ2v) is 8.95. The maximum atomic E-state index is 12.8. The van der Waals surface area contributed by atoms with Crippen LogP contribution in [0, 0.1) is 0 Å². The van der Waals surface area contributed by atoms with E-state index in [0.29, 0.717) is 6.42 Å². The molecule has 3 N–H and O–H groups in total. The van der Waals surface area contributed by atoms with Crippen LogP contribution in [0.4, 0.5) is 4.79 Å². The van der Waals surface area contributed by atoms with Gasteiger partial charge in [-0.15, -0.1) is 0 Å². The summed E-state index contributed by atoms with van der Waals surface area (Å²) in [5.74, 6) is -1.60. The number of hydrogen-bond donors (Lipinski definition) is 3. The SMILES string of the molecule is CCC[C@@H](CC(=O)N1CC(O)CC1C(=O)O)NC(=O)OCC1c2ccccc2-c2ccccc21. The molecule has 8 heteroatoms. The number of aliphatic hydroxyl groups is 1. The van der Waals surface area contributed by atoms with Gasteiger partial charge < -0.3 is 25.2 Å². The van der Waals surface area contributed by atoms with Crippen molar-refractivity contribution in [1.82, 2.24) is 10.2 Å². The third-order valence-electron chi connectivity index (χ3n) is 6.61. The van der Waals surface area contributed by atoms with Gasteiger partial charge in [-0.3, -0.25) is 4.79 Å². The molecule has 8 nitrogen and oxygen atoms in total. The highest BCUT2D eigenvalue weighted by molar-refractivity contribution is 5.85. The van der Waals surface area contributed by atoms with E-state index in [9.17, 15) is 24.6 Å². The van der Waals surface area contributed by atoms with Crippen molar-refractivity contribution in [2.24, 2.45) is 0 Å². The van der Waals surface area contributed by atoms with E-state index in [4.69, 9.17) is 4.74 Å². The summed E-state index contributed by atoms with van der Waals surface area (Å²) in [7, 11) is 0. The normalized spacial score (nSPS) is 19.9. The van der Waals surface area contributed by atoms with E-state index in [1.54, 1.807) is 0 Å². The Morgan fingerprint density at radius 2 is 1.71 bits per heavy atom. The molecular weight excluding hydrogens is 436 g/mol. The van der Waals surface area contributed by atoms with Crippen molar-refractivity contribution >= 4 is 18.0 Å². The molecule has 2 aliphatic rings. The van der Waals surface area contributed by atoms with Crippen LogP contribution in [0.3, 0.4) is 0 Å². The predicted molar refractivity (Wildman–Crippen MR) is 125 cm³/mol. The van der Waals surface area contributed by atoms with Crippen LogP contribution in [0.25, 0.3) is 11.1 Å². The number of aliphatic carboxylic acids is 1. The average Bonchev–Trinajstić information content (AvgIpc) is 3.36. The van der Waals surface area contributed by atoms with E-state index in [1.807, 2.05) is 43.3 Å². The number of aliphatic hydroxyl groups excluding tert-OH is 1. The Labute approximate surface area is 198 Å². The van der Waals surface area contributed by atoms with Gasteiger partial charge in [0.2, 0.25) is 5.91 Å². The molecule has 0 spiro atoms. The lowest BCUT2D eigenvalue weighted by atomic mass is 9.98. The highest BCUT2D eigenvalue weighted by Crippen LogP contribution is 2.44. The fraction of sp³-hybridized carbons (Fsp3) is 0.423. The first-order valence-corrected chi connectivity index (χ1v) is 11.7. The first kappa shape index (κ1) is 23.8. The van der Waals surface area contributed by atoms with Gasteiger partial charge in [-0.05, 0) is 28.7 Å². The first-order chi connectivity index (χ1) is 16.4. The number of alkyl carbamates (subject to hydrolysis) is 1. The zero-order chi connectivity index (χ0) is 24.2. The van der Waals surface area contributed by atoms with Crippen molar-refractivity contribution in [2.45, 2.75) is 56.7 Å². The summed E-state index contributed by atoms with van der Waals surface area (Å²) in [5.41, 5.74) is 4.51. The lowest BCUT2D eigenvalue weighted by molar-refractivity contribution is -0.148. The molecule has 0 radical (unpaired) electrons. The molecule has 1 aliphatic heterocycles. The number of nitrogens with zero attached hydrogens (tertiary/aromatic N) is 1. The fourth-order valence-corrected chi connectivity index (χ4v) is 5.03. The van der Waals surface area contributed by atoms with E-state index in [-0.39, 0.29) is 31.9 Å². The third-order valence-corrected chi connectivity index (χ3v) is 6.61. The summed E-state index contributed by atoms with van der Waals surface area (Å²) >= 11 is 0. The lowest BCUT2D eigenvalue weighted by Gasteiger charge is -2.25. The van der Waals surface area contributed by atoms with E-state index >= 15 is 0 Å². The summed E-state index contributed by atoms with van der Waals surface area (Å²) in [6.07, 6.45) is -0.223. The Morgan fingerprint density at radius 1 is 1.09 bits per heavy atom. The maximum Gasteiger partial charge on any atom is 0.407 e. The fourth-order valence-electron chi connectivity index (χ4n) is 5.03. The van der Waals surface area contributed by atoms with Crippen LogP contribution in [0.2, 0.25) is 0 Å². The summed E-state index contributed by atoms with van der Waals surface area (Å²) < 4.78 is 5.59. The molecule has 34 heavy (non-hydrogen) atoms. The third kappa shape index (κ3) is 4.92. The van der Waals surface area contributed by atoms with Crippen LogP contribution in [0.1, 0.15) is 49.7 Å². The van der Waals surface area contributed by atoms with Gasteiger partial charge >= 0.3 is 12.1 Å². The Bertz CT molecular complexity index is 1030. The van der Waals surface area contributed by atoms with E-state index in [2.05, 4.69) is 17.4 Å². The van der Waals surface area contributed by atoms with Crippen LogP contribution in [-0.2, 0) is 14.3 Å². The summed E-state index contributed by atoms with van der Waals surface area (Å²) in [6.45, 7) is 2.10. The van der Waals surface area contributed by atoms with Gasteiger partial charge in [-0.1, -0.05) is 61.9 Å². The van der Waals surface area contributed by atoms with Crippen molar-refractivity contribution in [3.8, 4) is 11.1 Å². The van der Waals surface area contributed by atoms with Gasteiger partial charge in [0.25, 0.3) is 0 Å². The zero-order valence-electron chi connectivity index (χ0n) is 19.1. The van der Waals surface area contributed by atoms with Gasteiger partial charge in [-0.25, -0.2) is 9.59 Å². The van der Waals surface area contributed by atoms with Crippen LogP contribution >= 0.6 is 0 Å². The monoisotopic (exact) mass is 466 g/mol. The second-order valence-electron chi connectivity index (χ2n) is 8.95. The highest BCUT2D eigenvalue weighted by Gasteiger charge is 2.39. The number of carbonyl (C=O) groups excluding carboxylic acids is 2. The van der Waals surface area contributed by atoms with Crippen molar-refractivity contribution in [3.05, 3.63) is 59.7 Å². The highest BCUT2D eigenvalue weighted by atomic mass is 16.5. The largest absolute Gasteiger partial charge is 0.480 e. The average molecular weight is 467 g/mol. The smallest absolute Gasteiger partial charge is 0.407 e. The van der Waals surface area contributed by atoms with Crippen molar-refractivity contribution < 1.29 is 29.3 Å². The maximum absolute atomic E-state index is 12.8. The number of likely N-dealkylation sites (tertiary alicyclic amines) is 1. The zero-order valence-corrected chi connectivity index (χ0v) is 19.1. The molecule has 1 saturated heterocycles. The van der Waals surface area contributed by atoms with Crippen molar-refractivity contribution in [3.63, 3.8) is 0 Å². The summed E-state index contributed by atoms with van der Waals surface area (Å²) in [6, 6.07) is 14.6.